The van der Waals surface area contributed by atoms with Crippen LogP contribution in [0, 0.1) is 0 Å². The number of alkyl halides is 1. The summed E-state index contributed by atoms with van der Waals surface area (Å²) in [6.07, 6.45) is 1.51. The summed E-state index contributed by atoms with van der Waals surface area (Å²) >= 11 is 14.8. The fourth-order valence-electron chi connectivity index (χ4n) is 1.38. The summed E-state index contributed by atoms with van der Waals surface area (Å²) in [6.45, 7) is 0. The van der Waals surface area contributed by atoms with Crippen LogP contribution in [0.1, 0.15) is 20.9 Å². The van der Waals surface area contributed by atoms with Gasteiger partial charge in [0, 0.05) is 16.8 Å². The number of aromatic nitrogens is 2. The van der Waals surface area contributed by atoms with E-state index < -0.39 is 4.83 Å². The summed E-state index contributed by atoms with van der Waals surface area (Å²) in [5.41, 5.74) is 1.07. The zero-order valence-corrected chi connectivity index (χ0v) is 12.1. The molecule has 0 N–H and O–H groups in total. The molecule has 0 radical (unpaired) electrons. The molecule has 1 aromatic heterocycles. The molecule has 0 fully saturated rings. The minimum absolute atomic E-state index is 0.110. The number of carbonyl (C=O) groups is 1. The van der Waals surface area contributed by atoms with Crippen molar-refractivity contribution in [2.75, 3.05) is 0 Å². The number of hydrogen-bond acceptors (Lipinski definition) is 3. The highest BCUT2D eigenvalue weighted by Gasteiger charge is 2.20. The fraction of sp³-hybridized carbons (Fsp3) is 0.0833. The third kappa shape index (κ3) is 3.07. The van der Waals surface area contributed by atoms with Gasteiger partial charge in [-0.3, -0.25) is 4.79 Å². The molecule has 0 saturated heterocycles. The van der Waals surface area contributed by atoms with Gasteiger partial charge in [0.1, 0.15) is 4.83 Å². The van der Waals surface area contributed by atoms with E-state index in [2.05, 4.69) is 25.9 Å². The summed E-state index contributed by atoms with van der Waals surface area (Å²) in [4.78, 5) is 19.4. The van der Waals surface area contributed by atoms with Crippen molar-refractivity contribution in [3.63, 3.8) is 0 Å². The lowest BCUT2D eigenvalue weighted by molar-refractivity contribution is 0.0990. The molecule has 1 atom stereocenters. The second-order valence-electron chi connectivity index (χ2n) is 3.48. The van der Waals surface area contributed by atoms with Crippen LogP contribution in [0.25, 0.3) is 0 Å². The Balaban J connectivity index is 2.26. The van der Waals surface area contributed by atoms with Crippen LogP contribution >= 0.6 is 39.1 Å². The van der Waals surface area contributed by atoms with Gasteiger partial charge in [0.25, 0.3) is 0 Å². The average Bonchev–Trinajstić information content (AvgIpc) is 2.38. The number of ketones is 1. The molecule has 0 aliphatic rings. The first-order chi connectivity index (χ1) is 8.58. The van der Waals surface area contributed by atoms with Crippen LogP contribution in [-0.2, 0) is 0 Å². The maximum Gasteiger partial charge on any atom is 0.222 e. The molecule has 0 saturated carbocycles. The standard InChI is InChI=1S/C12H7BrCl2N2O/c13-10(9-5-6-16-12(15)17-9)11(18)7-1-3-8(14)4-2-7/h1-6,10H. The zero-order chi connectivity index (χ0) is 13.1. The van der Waals surface area contributed by atoms with Gasteiger partial charge in [-0.1, -0.05) is 27.5 Å². The second-order valence-corrected chi connectivity index (χ2v) is 5.17. The van der Waals surface area contributed by atoms with E-state index in [1.54, 1.807) is 30.3 Å². The van der Waals surface area contributed by atoms with Crippen molar-refractivity contribution in [1.29, 1.82) is 0 Å². The molecule has 2 aromatic rings. The number of benzene rings is 1. The summed E-state index contributed by atoms with van der Waals surface area (Å²) in [5.74, 6) is -0.110. The number of Topliss-reactive ketones (excluding diaryl/α,β-unsaturated/α-hetero) is 1. The molecule has 1 aromatic carbocycles. The number of hydrogen-bond donors (Lipinski definition) is 0. The quantitative estimate of drug-likeness (QED) is 0.477. The van der Waals surface area contributed by atoms with Crippen molar-refractivity contribution < 1.29 is 4.79 Å². The molecule has 0 bridgehead atoms. The molecule has 0 amide bonds. The normalized spacial score (nSPS) is 12.2. The van der Waals surface area contributed by atoms with Gasteiger partial charge in [0.2, 0.25) is 5.28 Å². The smallest absolute Gasteiger partial charge is 0.222 e. The van der Waals surface area contributed by atoms with E-state index in [9.17, 15) is 4.79 Å². The lowest BCUT2D eigenvalue weighted by Crippen LogP contribution is -2.08. The van der Waals surface area contributed by atoms with Crippen LogP contribution in [0.5, 0.6) is 0 Å². The molecule has 1 unspecified atom stereocenters. The van der Waals surface area contributed by atoms with E-state index in [0.717, 1.165) is 0 Å². The van der Waals surface area contributed by atoms with Gasteiger partial charge < -0.3 is 0 Å². The predicted molar refractivity (Wildman–Crippen MR) is 74.5 cm³/mol. The van der Waals surface area contributed by atoms with Gasteiger partial charge in [0.15, 0.2) is 5.78 Å². The van der Waals surface area contributed by atoms with Crippen molar-refractivity contribution in [3.05, 3.63) is 58.1 Å². The Labute approximate surface area is 122 Å². The molecule has 6 heteroatoms. The molecule has 0 aliphatic carbocycles. The second kappa shape index (κ2) is 5.78. The number of nitrogens with zero attached hydrogens (tertiary/aromatic N) is 2. The van der Waals surface area contributed by atoms with Crippen molar-refractivity contribution in [3.8, 4) is 0 Å². The number of halogens is 3. The van der Waals surface area contributed by atoms with Gasteiger partial charge in [-0.2, -0.15) is 0 Å². The molecule has 1 heterocycles. The molecule has 92 valence electrons. The molecule has 0 aliphatic heterocycles. The minimum atomic E-state index is -0.556. The summed E-state index contributed by atoms with van der Waals surface area (Å²) in [6, 6.07) is 8.31. The SMILES string of the molecule is O=C(c1ccc(Cl)cc1)C(Br)c1ccnc(Cl)n1. The third-order valence-electron chi connectivity index (χ3n) is 2.27. The summed E-state index contributed by atoms with van der Waals surface area (Å²) in [5, 5.41) is 0.698. The van der Waals surface area contributed by atoms with E-state index in [0.29, 0.717) is 16.3 Å². The highest BCUT2D eigenvalue weighted by Crippen LogP contribution is 2.26. The Morgan fingerprint density at radius 2 is 1.83 bits per heavy atom. The van der Waals surface area contributed by atoms with E-state index in [4.69, 9.17) is 23.2 Å². The van der Waals surface area contributed by atoms with Crippen LogP contribution in [0.4, 0.5) is 0 Å². The minimum Gasteiger partial charge on any atom is -0.292 e. The van der Waals surface area contributed by atoms with E-state index in [-0.39, 0.29) is 11.1 Å². The van der Waals surface area contributed by atoms with E-state index in [1.807, 2.05) is 0 Å². The number of rotatable bonds is 3. The largest absolute Gasteiger partial charge is 0.292 e. The third-order valence-corrected chi connectivity index (χ3v) is 3.59. The van der Waals surface area contributed by atoms with E-state index >= 15 is 0 Å². The lowest BCUT2D eigenvalue weighted by Gasteiger charge is -2.08. The van der Waals surface area contributed by atoms with Crippen LogP contribution < -0.4 is 0 Å². The van der Waals surface area contributed by atoms with Crippen molar-refractivity contribution in [2.24, 2.45) is 0 Å². The maximum absolute atomic E-state index is 12.2. The van der Waals surface area contributed by atoms with Gasteiger partial charge in [-0.25, -0.2) is 9.97 Å². The first-order valence-corrected chi connectivity index (χ1v) is 6.67. The monoisotopic (exact) mass is 344 g/mol. The predicted octanol–water partition coefficient (Wildman–Crippen LogP) is 4.10. The molecule has 18 heavy (non-hydrogen) atoms. The molecule has 0 spiro atoms. The van der Waals surface area contributed by atoms with Crippen molar-refractivity contribution in [1.82, 2.24) is 9.97 Å². The van der Waals surface area contributed by atoms with E-state index in [1.165, 1.54) is 6.20 Å². The van der Waals surface area contributed by atoms with Crippen LogP contribution in [0.15, 0.2) is 36.5 Å². The highest BCUT2D eigenvalue weighted by molar-refractivity contribution is 9.09. The van der Waals surface area contributed by atoms with Crippen LogP contribution in [0.2, 0.25) is 10.3 Å². The Morgan fingerprint density at radius 1 is 1.17 bits per heavy atom. The van der Waals surface area contributed by atoms with Gasteiger partial charge in [-0.05, 0) is 41.9 Å². The average molecular weight is 346 g/mol. The van der Waals surface area contributed by atoms with Crippen LogP contribution in [-0.4, -0.2) is 15.8 Å². The zero-order valence-electron chi connectivity index (χ0n) is 8.98. The Bertz CT molecular complexity index is 575. The maximum atomic E-state index is 12.2. The Kier molecular flexibility index (Phi) is 4.32. The summed E-state index contributed by atoms with van der Waals surface area (Å²) in [7, 11) is 0. The van der Waals surface area contributed by atoms with Gasteiger partial charge >= 0.3 is 0 Å². The highest BCUT2D eigenvalue weighted by atomic mass is 79.9. The molecule has 3 nitrogen and oxygen atoms in total. The topological polar surface area (TPSA) is 42.9 Å². The van der Waals surface area contributed by atoms with Gasteiger partial charge in [0.05, 0.1) is 5.69 Å². The molecular weight excluding hydrogens is 339 g/mol. The first-order valence-electron chi connectivity index (χ1n) is 5.00. The Hall–Kier alpha value is -0.970. The van der Waals surface area contributed by atoms with Gasteiger partial charge in [-0.15, -0.1) is 0 Å². The summed E-state index contributed by atoms with van der Waals surface area (Å²) < 4.78 is 0. The lowest BCUT2D eigenvalue weighted by atomic mass is 10.1. The Morgan fingerprint density at radius 3 is 2.44 bits per heavy atom. The first kappa shape index (κ1) is 13.5. The van der Waals surface area contributed by atoms with Crippen molar-refractivity contribution in [2.45, 2.75) is 4.83 Å². The molecular formula is C12H7BrCl2N2O. The van der Waals surface area contributed by atoms with Crippen molar-refractivity contribution >= 4 is 44.9 Å². The van der Waals surface area contributed by atoms with Crippen LogP contribution in [0.3, 0.4) is 0 Å². The molecule has 2 rings (SSSR count). The fourth-order valence-corrected chi connectivity index (χ4v) is 2.18. The number of carbonyl (C=O) groups excluding carboxylic acids is 1.